The number of piperidine rings is 1. The highest BCUT2D eigenvalue weighted by Crippen LogP contribution is 2.40. The van der Waals surface area contributed by atoms with Crippen LogP contribution < -0.4 is 10.7 Å². The summed E-state index contributed by atoms with van der Waals surface area (Å²) in [7, 11) is 0. The number of carbonyl (C=O) groups is 2. The van der Waals surface area contributed by atoms with E-state index in [0.29, 0.717) is 25.2 Å². The molecule has 8 heteroatoms. The summed E-state index contributed by atoms with van der Waals surface area (Å²) in [5.41, 5.74) is 3.09. The van der Waals surface area contributed by atoms with Crippen LogP contribution in [0.2, 0.25) is 0 Å². The van der Waals surface area contributed by atoms with Crippen molar-refractivity contribution < 1.29 is 19.4 Å². The van der Waals surface area contributed by atoms with Crippen LogP contribution in [0.15, 0.2) is 41.2 Å². The van der Waals surface area contributed by atoms with Crippen LogP contribution in [0.25, 0.3) is 11.1 Å². The molecule has 2 aromatic rings. The Morgan fingerprint density at radius 3 is 2.77 bits per heavy atom. The van der Waals surface area contributed by atoms with Crippen molar-refractivity contribution in [3.63, 3.8) is 0 Å². The van der Waals surface area contributed by atoms with Crippen LogP contribution >= 0.6 is 0 Å². The average Bonchev–Trinajstić information content (AvgIpc) is 2.74. The first kappa shape index (κ1) is 19.9. The highest BCUT2D eigenvalue weighted by Gasteiger charge is 2.37. The maximum absolute atomic E-state index is 12.6. The monoisotopic (exact) mass is 406 g/mol. The first-order chi connectivity index (χ1) is 14.5. The van der Waals surface area contributed by atoms with Gasteiger partial charge in [0.1, 0.15) is 6.61 Å². The molecule has 1 amide bonds. The number of carboxylic acid groups (broad SMARTS) is 1. The Kier molecular flexibility index (Phi) is 5.38. The van der Waals surface area contributed by atoms with Gasteiger partial charge in [-0.2, -0.15) is 5.26 Å². The largest absolute Gasteiger partial charge is 0.548 e. The molecule has 0 radical (unpaired) electrons. The molecule has 1 aromatic heterocycles. The van der Waals surface area contributed by atoms with E-state index in [4.69, 9.17) is 4.74 Å². The van der Waals surface area contributed by atoms with Crippen molar-refractivity contribution in [2.75, 3.05) is 26.3 Å². The number of fused-ring (bicyclic) bond motifs is 4. The normalized spacial score (nSPS) is 19.6. The maximum atomic E-state index is 12.6. The lowest BCUT2D eigenvalue weighted by Crippen LogP contribution is -2.50. The van der Waals surface area contributed by atoms with Crippen molar-refractivity contribution >= 4 is 11.9 Å². The highest BCUT2D eigenvalue weighted by atomic mass is 16.5. The van der Waals surface area contributed by atoms with Crippen molar-refractivity contribution in [2.24, 2.45) is 5.92 Å². The molecule has 0 aliphatic carbocycles. The smallest absolute Gasteiger partial charge is 0.250 e. The topological polar surface area (TPSA) is 115 Å². The second kappa shape index (κ2) is 8.13. The van der Waals surface area contributed by atoms with E-state index < -0.39 is 12.6 Å². The molecule has 30 heavy (non-hydrogen) atoms. The summed E-state index contributed by atoms with van der Waals surface area (Å²) >= 11 is 0. The van der Waals surface area contributed by atoms with Crippen LogP contribution in [0.3, 0.4) is 0 Å². The molecule has 1 saturated heterocycles. The van der Waals surface area contributed by atoms with Crippen LogP contribution in [0.4, 0.5) is 0 Å². The number of hydrogen-bond acceptors (Lipinski definition) is 6. The van der Waals surface area contributed by atoms with Gasteiger partial charge in [0.25, 0.3) is 5.56 Å². The van der Waals surface area contributed by atoms with Gasteiger partial charge in [-0.05, 0) is 36.1 Å². The number of nitriles is 1. The second-order valence-corrected chi connectivity index (χ2v) is 7.74. The van der Waals surface area contributed by atoms with E-state index in [-0.39, 0.29) is 29.9 Å². The quantitative estimate of drug-likeness (QED) is 0.695. The number of amides is 1. The minimum atomic E-state index is -1.36. The molecule has 2 aliphatic rings. The fourth-order valence-electron chi connectivity index (χ4n) is 4.53. The van der Waals surface area contributed by atoms with Gasteiger partial charge in [0.2, 0.25) is 5.91 Å². The summed E-state index contributed by atoms with van der Waals surface area (Å²) in [6.07, 6.45) is 0.859. The third kappa shape index (κ3) is 3.84. The van der Waals surface area contributed by atoms with Crippen molar-refractivity contribution in [3.05, 3.63) is 58.0 Å². The highest BCUT2D eigenvalue weighted by molar-refractivity contribution is 5.78. The van der Waals surface area contributed by atoms with Crippen LogP contribution in [0, 0.1) is 17.2 Å². The molecule has 154 valence electrons. The van der Waals surface area contributed by atoms with E-state index in [0.717, 1.165) is 23.2 Å². The number of nitrogens with zero attached hydrogens (tertiary/aromatic N) is 3. The number of likely N-dealkylation sites (tertiary alicyclic amines) is 1. The zero-order chi connectivity index (χ0) is 21.3. The van der Waals surface area contributed by atoms with E-state index in [1.54, 1.807) is 33.7 Å². The molecule has 0 spiro atoms. The average molecular weight is 406 g/mol. The molecule has 1 fully saturated rings. The number of benzene rings is 1. The van der Waals surface area contributed by atoms with Crippen molar-refractivity contribution in [1.82, 2.24) is 9.47 Å². The summed E-state index contributed by atoms with van der Waals surface area (Å²) in [5.74, 6) is -1.53. The van der Waals surface area contributed by atoms with Gasteiger partial charge < -0.3 is 24.1 Å². The van der Waals surface area contributed by atoms with E-state index in [9.17, 15) is 24.8 Å². The third-order valence-corrected chi connectivity index (χ3v) is 5.69. The predicted molar refractivity (Wildman–Crippen MR) is 104 cm³/mol. The van der Waals surface area contributed by atoms with Gasteiger partial charge in [0.05, 0.1) is 24.2 Å². The molecule has 8 nitrogen and oxygen atoms in total. The summed E-state index contributed by atoms with van der Waals surface area (Å²) < 4.78 is 6.69. The maximum Gasteiger partial charge on any atom is 0.250 e. The minimum Gasteiger partial charge on any atom is -0.548 e. The van der Waals surface area contributed by atoms with E-state index in [1.807, 2.05) is 12.1 Å². The zero-order valence-electron chi connectivity index (χ0n) is 16.2. The van der Waals surface area contributed by atoms with Crippen molar-refractivity contribution in [1.29, 1.82) is 5.26 Å². The molecule has 0 N–H and O–H groups in total. The Morgan fingerprint density at radius 2 is 2.00 bits per heavy atom. The fourth-order valence-corrected chi connectivity index (χ4v) is 4.53. The van der Waals surface area contributed by atoms with Crippen LogP contribution in [-0.4, -0.2) is 47.6 Å². The summed E-state index contributed by atoms with van der Waals surface area (Å²) in [6.45, 7) is 0.513. The lowest BCUT2D eigenvalue weighted by molar-refractivity contribution is -0.309. The number of aromatic nitrogens is 1. The van der Waals surface area contributed by atoms with Gasteiger partial charge in [-0.25, -0.2) is 0 Å². The summed E-state index contributed by atoms with van der Waals surface area (Å²) in [4.78, 5) is 37.3. The number of carbonyl (C=O) groups excluding carboxylic acids is 2. The molecule has 2 bridgehead atoms. The SMILES string of the molecule is N#Cc1cccc(-c2ccc(=O)n3c2[C@@H]2C[C@@H](CN(C(=O)COCC(=O)[O-])C2)C3)c1. The molecular weight excluding hydrogens is 386 g/mol. The number of carboxylic acids is 1. The van der Waals surface area contributed by atoms with Crippen molar-refractivity contribution in [2.45, 2.75) is 18.9 Å². The van der Waals surface area contributed by atoms with E-state index >= 15 is 0 Å². The molecule has 2 aliphatic heterocycles. The fraction of sp³-hybridized carbons (Fsp3) is 0.364. The third-order valence-electron chi connectivity index (χ3n) is 5.69. The van der Waals surface area contributed by atoms with Gasteiger partial charge in [-0.1, -0.05) is 12.1 Å². The van der Waals surface area contributed by atoms with Gasteiger partial charge >= 0.3 is 0 Å². The molecular formula is C22H20N3O5-. The number of rotatable bonds is 5. The van der Waals surface area contributed by atoms with Crippen molar-refractivity contribution in [3.8, 4) is 17.2 Å². The molecule has 0 saturated carbocycles. The zero-order valence-corrected chi connectivity index (χ0v) is 16.2. The van der Waals surface area contributed by atoms with Crippen LogP contribution in [-0.2, 0) is 20.9 Å². The molecule has 2 atom stereocenters. The van der Waals surface area contributed by atoms with E-state index in [1.165, 1.54) is 0 Å². The standard InChI is InChI=1S/C22H21N3O5/c23-8-14-2-1-3-16(6-14)18-4-5-19(26)25-10-15-7-17(22(18)25)11-24(9-15)20(27)12-30-13-21(28)29/h1-6,15,17H,7,9-13H2,(H,28,29)/p-1/t15-,17+/m0/s1. The minimum absolute atomic E-state index is 0.0303. The molecule has 1 aromatic carbocycles. The molecule has 4 rings (SSSR count). The lowest BCUT2D eigenvalue weighted by atomic mass is 9.80. The summed E-state index contributed by atoms with van der Waals surface area (Å²) in [5, 5.41) is 19.7. The lowest BCUT2D eigenvalue weighted by Gasteiger charge is -2.43. The number of hydrogen-bond donors (Lipinski definition) is 0. The van der Waals surface area contributed by atoms with Crippen LogP contribution in [0.1, 0.15) is 23.6 Å². The Labute approximate surface area is 172 Å². The Morgan fingerprint density at radius 1 is 1.17 bits per heavy atom. The number of aliphatic carboxylic acids is 1. The van der Waals surface area contributed by atoms with Gasteiger partial charge in [-0.15, -0.1) is 0 Å². The second-order valence-electron chi connectivity index (χ2n) is 7.74. The predicted octanol–water partition coefficient (Wildman–Crippen LogP) is 0.0992. The summed E-state index contributed by atoms with van der Waals surface area (Å²) in [6, 6.07) is 12.7. The number of ether oxygens (including phenoxy) is 1. The van der Waals surface area contributed by atoms with Gasteiger partial charge in [-0.3, -0.25) is 9.59 Å². The Balaban J connectivity index is 1.65. The first-order valence-electron chi connectivity index (χ1n) is 9.76. The van der Waals surface area contributed by atoms with Gasteiger partial charge in [0.15, 0.2) is 0 Å². The van der Waals surface area contributed by atoms with E-state index in [2.05, 4.69) is 6.07 Å². The Hall–Kier alpha value is -3.44. The first-order valence-corrected chi connectivity index (χ1v) is 9.76. The molecule has 3 heterocycles. The molecule has 0 unspecified atom stereocenters. The van der Waals surface area contributed by atoms with Gasteiger partial charge in [0, 0.05) is 42.9 Å². The van der Waals surface area contributed by atoms with Crippen LogP contribution in [0.5, 0.6) is 0 Å². The Bertz CT molecular complexity index is 1100. The number of pyridine rings is 1.